The molecule has 0 saturated carbocycles. The lowest BCUT2D eigenvalue weighted by Gasteiger charge is -2.11. The van der Waals surface area contributed by atoms with E-state index >= 15 is 0 Å². The van der Waals surface area contributed by atoms with Gasteiger partial charge in [0.2, 0.25) is 0 Å². The number of ether oxygens (including phenoxy) is 1. The number of carboxylic acid groups (broad SMARTS) is 1. The lowest BCUT2D eigenvalue weighted by Crippen LogP contribution is -2.03. The Bertz CT molecular complexity index is 767. The highest BCUT2D eigenvalue weighted by Crippen LogP contribution is 2.42. The predicted octanol–water partition coefficient (Wildman–Crippen LogP) is 4.48. The number of rotatable bonds is 1. The van der Waals surface area contributed by atoms with Crippen molar-refractivity contribution in [1.29, 1.82) is 0 Å². The first kappa shape index (κ1) is 13.7. The lowest BCUT2D eigenvalue weighted by molar-refractivity contribution is 0.144. The number of carbonyl (C=O) groups is 1. The van der Waals surface area contributed by atoms with E-state index in [1.807, 2.05) is 12.1 Å². The van der Waals surface area contributed by atoms with Crippen molar-refractivity contribution in [3.05, 3.63) is 52.6 Å². The van der Waals surface area contributed by atoms with Gasteiger partial charge in [-0.3, -0.25) is 0 Å². The molecule has 2 aliphatic rings. The van der Waals surface area contributed by atoms with Gasteiger partial charge in [0.1, 0.15) is 5.75 Å². The Labute approximate surface area is 133 Å². The molecule has 0 radical (unpaired) electrons. The molecule has 1 N–H and O–H groups in total. The second-order valence-electron chi connectivity index (χ2n) is 5.77. The van der Waals surface area contributed by atoms with Gasteiger partial charge in [0.25, 0.3) is 0 Å². The molecule has 0 unspecified atom stereocenters. The van der Waals surface area contributed by atoms with E-state index in [4.69, 9.17) is 9.84 Å². The number of fused-ring (bicyclic) bond motifs is 4. The molecule has 4 rings (SSSR count). The Kier molecular flexibility index (Phi) is 3.34. The minimum absolute atomic E-state index is 0.392. The molecule has 1 aliphatic carbocycles. The molecule has 1 heterocycles. The van der Waals surface area contributed by atoms with Crippen molar-refractivity contribution >= 4 is 17.9 Å². The third kappa shape index (κ3) is 2.37. The van der Waals surface area contributed by atoms with Crippen LogP contribution in [0.15, 0.2) is 40.1 Å². The summed E-state index contributed by atoms with van der Waals surface area (Å²) >= 11 is 1.74. The van der Waals surface area contributed by atoms with E-state index < -0.39 is 6.16 Å². The van der Waals surface area contributed by atoms with Gasteiger partial charge in [-0.05, 0) is 72.6 Å². The zero-order valence-corrected chi connectivity index (χ0v) is 12.9. The molecular weight excluding hydrogens is 296 g/mol. The fourth-order valence-corrected chi connectivity index (χ4v) is 4.67. The highest BCUT2D eigenvalue weighted by Gasteiger charge is 2.22. The summed E-state index contributed by atoms with van der Waals surface area (Å²) in [4.78, 5) is 13.1. The zero-order chi connectivity index (χ0) is 15.1. The van der Waals surface area contributed by atoms with E-state index in [1.54, 1.807) is 23.4 Å². The second-order valence-corrected chi connectivity index (χ2v) is 6.86. The van der Waals surface area contributed by atoms with Gasteiger partial charge in [0, 0.05) is 9.79 Å². The number of benzene rings is 2. The molecule has 2 aromatic carbocycles. The van der Waals surface area contributed by atoms with Crippen molar-refractivity contribution in [3.63, 3.8) is 0 Å². The van der Waals surface area contributed by atoms with Crippen molar-refractivity contribution < 1.29 is 14.6 Å². The monoisotopic (exact) mass is 312 g/mol. The second kappa shape index (κ2) is 5.36. The van der Waals surface area contributed by atoms with Gasteiger partial charge in [-0.1, -0.05) is 23.9 Å². The van der Waals surface area contributed by atoms with Crippen LogP contribution in [0, 0.1) is 0 Å². The summed E-state index contributed by atoms with van der Waals surface area (Å²) in [5.41, 5.74) is 5.84. The smallest absolute Gasteiger partial charge is 0.449 e. The minimum atomic E-state index is -1.27. The van der Waals surface area contributed by atoms with Crippen LogP contribution >= 0.6 is 11.8 Å². The van der Waals surface area contributed by atoms with Crippen molar-refractivity contribution in [1.82, 2.24) is 0 Å². The highest BCUT2D eigenvalue weighted by molar-refractivity contribution is 7.99. The largest absolute Gasteiger partial charge is 0.511 e. The first-order valence-corrected chi connectivity index (χ1v) is 8.37. The Morgan fingerprint density at radius 1 is 0.955 bits per heavy atom. The maximum atomic E-state index is 10.7. The molecule has 0 amide bonds. The van der Waals surface area contributed by atoms with Crippen LogP contribution in [0.5, 0.6) is 5.75 Å². The lowest BCUT2D eigenvalue weighted by atomic mass is 9.97. The van der Waals surface area contributed by atoms with Gasteiger partial charge in [-0.2, -0.15) is 0 Å². The topological polar surface area (TPSA) is 46.5 Å². The van der Waals surface area contributed by atoms with E-state index in [1.165, 1.54) is 40.8 Å². The molecule has 22 heavy (non-hydrogen) atoms. The number of hydrogen-bond donors (Lipinski definition) is 1. The van der Waals surface area contributed by atoms with E-state index in [0.717, 1.165) is 17.7 Å². The molecule has 1 aliphatic heterocycles. The maximum Gasteiger partial charge on any atom is 0.511 e. The maximum absolute atomic E-state index is 10.7. The molecule has 2 aromatic rings. The average Bonchev–Trinajstić information content (AvgIpc) is 2.88. The van der Waals surface area contributed by atoms with Gasteiger partial charge in [-0.25, -0.2) is 4.79 Å². The van der Waals surface area contributed by atoms with E-state index in [-0.39, 0.29) is 0 Å². The Morgan fingerprint density at radius 2 is 1.82 bits per heavy atom. The summed E-state index contributed by atoms with van der Waals surface area (Å²) in [6.07, 6.45) is 4.47. The third-order valence-electron chi connectivity index (χ3n) is 4.47. The molecule has 0 aromatic heterocycles. The summed E-state index contributed by atoms with van der Waals surface area (Å²) in [6, 6.07) is 10.1. The Balaban J connectivity index is 1.73. The van der Waals surface area contributed by atoms with Crippen LogP contribution < -0.4 is 4.74 Å². The summed E-state index contributed by atoms with van der Waals surface area (Å²) in [6.45, 7) is 0. The predicted molar refractivity (Wildman–Crippen MR) is 85.1 cm³/mol. The molecular formula is C18H16O3S. The summed E-state index contributed by atoms with van der Waals surface area (Å²) in [7, 11) is 0. The fourth-order valence-electron chi connectivity index (χ4n) is 3.47. The SMILES string of the molecule is O=C(O)Oc1ccc2c(c1)Sc1ccc3c(c1CC2)CCC3. The molecule has 4 heteroatoms. The van der Waals surface area contributed by atoms with Gasteiger partial charge < -0.3 is 9.84 Å². The van der Waals surface area contributed by atoms with Crippen LogP contribution in [-0.2, 0) is 25.7 Å². The van der Waals surface area contributed by atoms with Gasteiger partial charge in [-0.15, -0.1) is 0 Å². The number of hydrogen-bond acceptors (Lipinski definition) is 3. The van der Waals surface area contributed by atoms with Crippen LogP contribution in [0.1, 0.15) is 28.7 Å². The third-order valence-corrected chi connectivity index (χ3v) is 5.67. The quantitative estimate of drug-likeness (QED) is 0.623. The van der Waals surface area contributed by atoms with Crippen LogP contribution in [0.25, 0.3) is 0 Å². The van der Waals surface area contributed by atoms with Gasteiger partial charge in [0.15, 0.2) is 0 Å². The molecule has 0 bridgehead atoms. The first-order valence-electron chi connectivity index (χ1n) is 7.56. The highest BCUT2D eigenvalue weighted by atomic mass is 32.2. The van der Waals surface area contributed by atoms with Crippen LogP contribution in [0.3, 0.4) is 0 Å². The van der Waals surface area contributed by atoms with Gasteiger partial charge in [0.05, 0.1) is 0 Å². The molecule has 0 saturated heterocycles. The molecule has 0 spiro atoms. The van der Waals surface area contributed by atoms with E-state index in [0.29, 0.717) is 5.75 Å². The normalized spacial score (nSPS) is 15.5. The van der Waals surface area contributed by atoms with E-state index in [2.05, 4.69) is 12.1 Å². The zero-order valence-electron chi connectivity index (χ0n) is 12.1. The molecule has 0 fully saturated rings. The van der Waals surface area contributed by atoms with Crippen molar-refractivity contribution in [2.45, 2.75) is 41.9 Å². The van der Waals surface area contributed by atoms with Crippen molar-refractivity contribution in [2.75, 3.05) is 0 Å². The minimum Gasteiger partial charge on any atom is -0.449 e. The average molecular weight is 312 g/mol. The molecule has 3 nitrogen and oxygen atoms in total. The molecule has 0 atom stereocenters. The van der Waals surface area contributed by atoms with Crippen LogP contribution in [0.2, 0.25) is 0 Å². The fraction of sp³-hybridized carbons (Fsp3) is 0.278. The van der Waals surface area contributed by atoms with Crippen LogP contribution in [0.4, 0.5) is 4.79 Å². The van der Waals surface area contributed by atoms with Gasteiger partial charge >= 0.3 is 6.16 Å². The summed E-state index contributed by atoms with van der Waals surface area (Å²) in [5, 5.41) is 8.76. The standard InChI is InChI=1S/C18H16O3S/c19-18(20)21-13-7-4-12-5-8-15-14-3-1-2-11(14)6-9-16(15)22-17(12)10-13/h4,6-7,9-10H,1-3,5,8H2,(H,19,20). The van der Waals surface area contributed by atoms with Crippen LogP contribution in [-0.4, -0.2) is 11.3 Å². The first-order chi connectivity index (χ1) is 10.7. The van der Waals surface area contributed by atoms with Crippen molar-refractivity contribution in [2.24, 2.45) is 0 Å². The van der Waals surface area contributed by atoms with E-state index in [9.17, 15) is 4.79 Å². The molecule has 112 valence electrons. The summed E-state index contributed by atoms with van der Waals surface area (Å²) in [5.74, 6) is 0.392. The summed E-state index contributed by atoms with van der Waals surface area (Å²) < 4.78 is 4.79. The van der Waals surface area contributed by atoms with Crippen molar-refractivity contribution in [3.8, 4) is 5.75 Å². The number of aryl methyl sites for hydroxylation is 2. The Hall–Kier alpha value is -1.94. The Morgan fingerprint density at radius 3 is 2.68 bits per heavy atom.